The van der Waals surface area contributed by atoms with Crippen LogP contribution in [0.1, 0.15) is 48.9 Å². The summed E-state index contributed by atoms with van der Waals surface area (Å²) in [5.74, 6) is -0.428. The molecule has 3 rings (SSSR count). The van der Waals surface area contributed by atoms with Crippen molar-refractivity contribution in [3.05, 3.63) is 74.9 Å². The average molecular weight is 428 g/mol. The van der Waals surface area contributed by atoms with Gasteiger partial charge < -0.3 is 10.6 Å². The first-order valence-electron chi connectivity index (χ1n) is 9.76. The Morgan fingerprint density at radius 2 is 1.93 bits per heavy atom. The molecule has 0 saturated heterocycles. The second-order valence-electron chi connectivity index (χ2n) is 7.11. The fraction of sp³-hybridized carbons (Fsp3) is 0.304. The molecule has 0 aromatic heterocycles. The molecule has 150 valence electrons. The number of halogens is 2. The van der Waals surface area contributed by atoms with Crippen LogP contribution >= 0.6 is 23.2 Å². The molecule has 1 unspecified atom stereocenters. The number of nitrogens with one attached hydrogen (secondary N) is 2. The molecule has 2 N–H and O–H groups in total. The summed E-state index contributed by atoms with van der Waals surface area (Å²) in [4.78, 5) is 12.7. The fourth-order valence-corrected chi connectivity index (χ4v) is 3.88. The van der Waals surface area contributed by atoms with E-state index in [0.29, 0.717) is 15.7 Å². The van der Waals surface area contributed by atoms with Gasteiger partial charge in [-0.05, 0) is 67.0 Å². The van der Waals surface area contributed by atoms with Gasteiger partial charge in [0.1, 0.15) is 11.6 Å². The largest absolute Gasteiger partial charge is 0.359 e. The number of rotatable bonds is 6. The minimum absolute atomic E-state index is 0.0301. The second-order valence-corrected chi connectivity index (χ2v) is 7.95. The van der Waals surface area contributed by atoms with Crippen molar-refractivity contribution >= 4 is 34.8 Å². The van der Waals surface area contributed by atoms with Gasteiger partial charge in [0.25, 0.3) is 5.91 Å². The predicted octanol–water partition coefficient (Wildman–Crippen LogP) is 5.96. The Hall–Kier alpha value is -2.48. The number of nitriles is 1. The Labute approximate surface area is 181 Å². The van der Waals surface area contributed by atoms with Crippen molar-refractivity contribution in [3.63, 3.8) is 0 Å². The van der Waals surface area contributed by atoms with E-state index < -0.39 is 5.91 Å². The number of amides is 1. The Bertz CT molecular complexity index is 979. The lowest BCUT2D eigenvalue weighted by Crippen LogP contribution is -2.29. The number of carbonyl (C=O) groups excluding carboxylic acids is 1. The molecule has 6 heteroatoms. The Kier molecular flexibility index (Phi) is 7.19. The van der Waals surface area contributed by atoms with Crippen molar-refractivity contribution in [2.75, 3.05) is 5.32 Å². The summed E-state index contributed by atoms with van der Waals surface area (Å²) in [7, 11) is 0. The van der Waals surface area contributed by atoms with Crippen molar-refractivity contribution < 1.29 is 4.79 Å². The predicted molar refractivity (Wildman–Crippen MR) is 118 cm³/mol. The summed E-state index contributed by atoms with van der Waals surface area (Å²) in [6.45, 7) is 2.02. The Morgan fingerprint density at radius 1 is 1.17 bits per heavy atom. The molecule has 0 bridgehead atoms. The molecule has 0 saturated carbocycles. The third kappa shape index (κ3) is 5.32. The van der Waals surface area contributed by atoms with Gasteiger partial charge in [0.15, 0.2) is 0 Å². The maximum absolute atomic E-state index is 12.7. The third-order valence-electron chi connectivity index (χ3n) is 5.15. The lowest BCUT2D eigenvalue weighted by atomic mass is 9.88. The smallest absolute Gasteiger partial charge is 0.263 e. The SMILES string of the molecule is CCC(NC(=O)/C(C#N)=C\Nc1cc(Cl)ccc1Cl)c1ccc2c(c1)CCCC2. The lowest BCUT2D eigenvalue weighted by molar-refractivity contribution is -0.117. The molecule has 0 heterocycles. The van der Waals surface area contributed by atoms with Gasteiger partial charge in [0.05, 0.1) is 16.8 Å². The number of fused-ring (bicyclic) bond motifs is 1. The number of hydrogen-bond donors (Lipinski definition) is 2. The number of benzene rings is 2. The van der Waals surface area contributed by atoms with E-state index in [1.165, 1.54) is 30.2 Å². The quantitative estimate of drug-likeness (QED) is 0.441. The highest BCUT2D eigenvalue weighted by Crippen LogP contribution is 2.27. The van der Waals surface area contributed by atoms with Crippen molar-refractivity contribution in [1.29, 1.82) is 5.26 Å². The van der Waals surface area contributed by atoms with Crippen molar-refractivity contribution in [3.8, 4) is 6.07 Å². The molecule has 4 nitrogen and oxygen atoms in total. The second kappa shape index (κ2) is 9.82. The molecule has 1 aliphatic rings. The van der Waals surface area contributed by atoms with E-state index in [2.05, 4.69) is 28.8 Å². The van der Waals surface area contributed by atoms with Crippen LogP contribution in [0.25, 0.3) is 0 Å². The fourth-order valence-electron chi connectivity index (χ4n) is 3.53. The van der Waals surface area contributed by atoms with E-state index >= 15 is 0 Å². The lowest BCUT2D eigenvalue weighted by Gasteiger charge is -2.21. The van der Waals surface area contributed by atoms with Crippen molar-refractivity contribution in [1.82, 2.24) is 5.32 Å². The first-order chi connectivity index (χ1) is 14.0. The molecule has 29 heavy (non-hydrogen) atoms. The van der Waals surface area contributed by atoms with Gasteiger partial charge in [-0.2, -0.15) is 5.26 Å². The Morgan fingerprint density at radius 3 is 2.66 bits per heavy atom. The molecular formula is C23H23Cl2N3O. The average Bonchev–Trinajstić information content (AvgIpc) is 2.74. The maximum atomic E-state index is 12.7. The van der Waals surface area contributed by atoms with Crippen molar-refractivity contribution in [2.24, 2.45) is 0 Å². The highest BCUT2D eigenvalue weighted by molar-refractivity contribution is 6.35. The summed E-state index contributed by atoms with van der Waals surface area (Å²) in [5.41, 5.74) is 4.35. The molecule has 0 aliphatic heterocycles. The van der Waals surface area contributed by atoms with Crippen molar-refractivity contribution in [2.45, 2.75) is 45.1 Å². The third-order valence-corrected chi connectivity index (χ3v) is 5.72. The van der Waals surface area contributed by atoms with Crippen LogP contribution in [-0.2, 0) is 17.6 Å². The summed E-state index contributed by atoms with van der Waals surface area (Å²) in [6.07, 6.45) is 6.74. The standard InChI is InChI=1S/C23H23Cl2N3O/c1-2-21(17-8-7-15-5-3-4-6-16(15)11-17)28-23(29)18(13-26)14-27-22-12-19(24)9-10-20(22)25/h7-12,14,21,27H,2-6H2,1H3,(H,28,29)/b18-14-. The van der Waals surface area contributed by atoms with E-state index in [0.717, 1.165) is 24.8 Å². The van der Waals surface area contributed by atoms with Crippen LogP contribution in [0.5, 0.6) is 0 Å². The molecule has 1 aliphatic carbocycles. The number of anilines is 1. The first-order valence-corrected chi connectivity index (χ1v) is 10.5. The maximum Gasteiger partial charge on any atom is 0.263 e. The highest BCUT2D eigenvalue weighted by atomic mass is 35.5. The van der Waals surface area contributed by atoms with Crippen LogP contribution in [0.3, 0.4) is 0 Å². The number of nitrogens with zero attached hydrogens (tertiary/aromatic N) is 1. The minimum atomic E-state index is -0.428. The van der Waals surface area contributed by atoms with E-state index in [1.54, 1.807) is 18.2 Å². The minimum Gasteiger partial charge on any atom is -0.359 e. The topological polar surface area (TPSA) is 64.9 Å². The van der Waals surface area contributed by atoms with E-state index in [9.17, 15) is 10.1 Å². The van der Waals surface area contributed by atoms with Crippen LogP contribution in [0.4, 0.5) is 5.69 Å². The molecule has 2 aromatic carbocycles. The molecule has 1 atom stereocenters. The van der Waals surface area contributed by atoms with Crippen LogP contribution in [-0.4, -0.2) is 5.91 Å². The first kappa shape index (κ1) is 21.2. The highest BCUT2D eigenvalue weighted by Gasteiger charge is 2.18. The van der Waals surface area contributed by atoms with Gasteiger partial charge in [-0.3, -0.25) is 4.79 Å². The van der Waals surface area contributed by atoms with E-state index in [1.807, 2.05) is 13.0 Å². The van der Waals surface area contributed by atoms with Gasteiger partial charge in [-0.25, -0.2) is 0 Å². The van der Waals surface area contributed by atoms with Gasteiger partial charge in [-0.1, -0.05) is 48.3 Å². The van der Waals surface area contributed by atoms with Gasteiger partial charge in [-0.15, -0.1) is 0 Å². The molecule has 0 spiro atoms. The van der Waals surface area contributed by atoms with Gasteiger partial charge in [0.2, 0.25) is 0 Å². The monoisotopic (exact) mass is 427 g/mol. The van der Waals surface area contributed by atoms with E-state index in [4.69, 9.17) is 23.2 Å². The number of hydrogen-bond acceptors (Lipinski definition) is 3. The normalized spacial score (nSPS) is 14.5. The molecule has 1 amide bonds. The molecule has 0 fully saturated rings. The summed E-state index contributed by atoms with van der Waals surface area (Å²) < 4.78 is 0. The zero-order valence-electron chi connectivity index (χ0n) is 16.3. The van der Waals surface area contributed by atoms with Crippen LogP contribution < -0.4 is 10.6 Å². The molecular weight excluding hydrogens is 405 g/mol. The van der Waals surface area contributed by atoms with Gasteiger partial charge >= 0.3 is 0 Å². The Balaban J connectivity index is 1.73. The van der Waals surface area contributed by atoms with Crippen LogP contribution in [0.15, 0.2) is 48.2 Å². The van der Waals surface area contributed by atoms with Crippen LogP contribution in [0.2, 0.25) is 10.0 Å². The summed E-state index contributed by atoms with van der Waals surface area (Å²) >= 11 is 12.1. The van der Waals surface area contributed by atoms with Gasteiger partial charge in [0, 0.05) is 11.2 Å². The summed E-state index contributed by atoms with van der Waals surface area (Å²) in [5, 5.41) is 16.3. The zero-order chi connectivity index (χ0) is 20.8. The summed E-state index contributed by atoms with van der Waals surface area (Å²) in [6, 6.07) is 13.2. The number of aryl methyl sites for hydroxylation is 2. The van der Waals surface area contributed by atoms with Crippen LogP contribution in [0, 0.1) is 11.3 Å². The number of carbonyl (C=O) groups is 1. The molecule has 2 aromatic rings. The molecule has 0 radical (unpaired) electrons. The zero-order valence-corrected chi connectivity index (χ0v) is 17.8. The van der Waals surface area contributed by atoms with E-state index in [-0.39, 0.29) is 11.6 Å².